The standard InChI is InChI=1S/C20H22N2O2/c1-5-19-13(2)21-22(14(19)3)20(23)15(4)24-18-11-10-16-8-6-7-9-17(16)12-18/h6-12,15H,5H2,1-4H3. The summed E-state index contributed by atoms with van der Waals surface area (Å²) in [7, 11) is 0. The van der Waals surface area contributed by atoms with E-state index in [0.717, 1.165) is 34.1 Å². The van der Waals surface area contributed by atoms with Gasteiger partial charge in [-0.3, -0.25) is 4.79 Å². The molecule has 2 aromatic carbocycles. The fraction of sp³-hybridized carbons (Fsp3) is 0.300. The van der Waals surface area contributed by atoms with Crippen LogP contribution < -0.4 is 4.74 Å². The van der Waals surface area contributed by atoms with Crippen LogP contribution in [-0.2, 0) is 6.42 Å². The first kappa shape index (κ1) is 16.2. The van der Waals surface area contributed by atoms with Crippen molar-refractivity contribution in [1.29, 1.82) is 0 Å². The number of nitrogens with zero attached hydrogens (tertiary/aromatic N) is 2. The number of benzene rings is 2. The van der Waals surface area contributed by atoms with E-state index in [1.807, 2.05) is 50.2 Å². The minimum Gasteiger partial charge on any atom is -0.481 e. The molecule has 0 bridgehead atoms. The van der Waals surface area contributed by atoms with Crippen LogP contribution in [0, 0.1) is 13.8 Å². The summed E-state index contributed by atoms with van der Waals surface area (Å²) >= 11 is 0. The second-order valence-corrected chi connectivity index (χ2v) is 6.02. The molecule has 3 rings (SSSR count). The number of carbonyl (C=O) groups excluding carboxylic acids is 1. The van der Waals surface area contributed by atoms with Crippen molar-refractivity contribution in [3.63, 3.8) is 0 Å². The van der Waals surface area contributed by atoms with Crippen LogP contribution in [0.1, 0.15) is 35.6 Å². The Kier molecular flexibility index (Phi) is 4.38. The van der Waals surface area contributed by atoms with Crippen LogP contribution in [0.5, 0.6) is 5.75 Å². The van der Waals surface area contributed by atoms with E-state index in [9.17, 15) is 4.79 Å². The van der Waals surface area contributed by atoms with E-state index in [-0.39, 0.29) is 5.91 Å². The molecule has 3 aromatic rings. The van der Waals surface area contributed by atoms with Crippen molar-refractivity contribution in [2.75, 3.05) is 0 Å². The smallest absolute Gasteiger partial charge is 0.287 e. The Hall–Kier alpha value is -2.62. The summed E-state index contributed by atoms with van der Waals surface area (Å²) in [6.07, 6.45) is 0.263. The number of fused-ring (bicyclic) bond motifs is 1. The van der Waals surface area contributed by atoms with E-state index in [1.165, 1.54) is 4.68 Å². The molecule has 0 radical (unpaired) electrons. The Morgan fingerprint density at radius 1 is 1.17 bits per heavy atom. The van der Waals surface area contributed by atoms with Crippen LogP contribution in [0.2, 0.25) is 0 Å². The average molecular weight is 322 g/mol. The molecule has 1 aromatic heterocycles. The minimum absolute atomic E-state index is 0.150. The number of aryl methyl sites for hydroxylation is 1. The Bertz CT molecular complexity index is 896. The van der Waals surface area contributed by atoms with Crippen molar-refractivity contribution >= 4 is 16.7 Å². The molecule has 0 saturated carbocycles. The molecule has 4 nitrogen and oxygen atoms in total. The molecule has 0 fully saturated rings. The number of rotatable bonds is 4. The first-order valence-electron chi connectivity index (χ1n) is 8.26. The Morgan fingerprint density at radius 2 is 1.88 bits per heavy atom. The summed E-state index contributed by atoms with van der Waals surface area (Å²) in [4.78, 5) is 12.7. The number of hydrogen-bond acceptors (Lipinski definition) is 3. The van der Waals surface area contributed by atoms with Gasteiger partial charge in [0, 0.05) is 5.69 Å². The molecule has 1 atom stereocenters. The zero-order valence-electron chi connectivity index (χ0n) is 14.5. The van der Waals surface area contributed by atoms with Crippen molar-refractivity contribution in [2.24, 2.45) is 0 Å². The van der Waals surface area contributed by atoms with E-state index >= 15 is 0 Å². The van der Waals surface area contributed by atoms with Gasteiger partial charge in [0.25, 0.3) is 5.91 Å². The lowest BCUT2D eigenvalue weighted by molar-refractivity contribution is 0.0707. The van der Waals surface area contributed by atoms with Gasteiger partial charge in [0.15, 0.2) is 6.10 Å². The molecule has 0 saturated heterocycles. The highest BCUT2D eigenvalue weighted by Crippen LogP contribution is 2.22. The van der Waals surface area contributed by atoms with Gasteiger partial charge in [0.1, 0.15) is 5.75 Å². The van der Waals surface area contributed by atoms with E-state index in [1.54, 1.807) is 6.92 Å². The first-order chi connectivity index (χ1) is 11.5. The number of aromatic nitrogens is 2. The summed E-state index contributed by atoms with van der Waals surface area (Å²) in [5.41, 5.74) is 2.93. The van der Waals surface area contributed by atoms with E-state index < -0.39 is 6.10 Å². The molecule has 0 aliphatic carbocycles. The number of ether oxygens (including phenoxy) is 1. The van der Waals surface area contributed by atoms with E-state index in [0.29, 0.717) is 5.75 Å². The second kappa shape index (κ2) is 6.48. The topological polar surface area (TPSA) is 44.1 Å². The van der Waals surface area contributed by atoms with Gasteiger partial charge in [-0.25, -0.2) is 4.68 Å². The van der Waals surface area contributed by atoms with Gasteiger partial charge in [-0.05, 0) is 55.7 Å². The molecule has 24 heavy (non-hydrogen) atoms. The summed E-state index contributed by atoms with van der Waals surface area (Å²) in [6, 6.07) is 13.9. The molecular weight excluding hydrogens is 300 g/mol. The molecule has 4 heteroatoms. The molecule has 1 heterocycles. The molecule has 1 unspecified atom stereocenters. The highest BCUT2D eigenvalue weighted by atomic mass is 16.5. The fourth-order valence-electron chi connectivity index (χ4n) is 3.07. The highest BCUT2D eigenvalue weighted by molar-refractivity contribution is 5.85. The largest absolute Gasteiger partial charge is 0.481 e. The van der Waals surface area contributed by atoms with Gasteiger partial charge in [-0.2, -0.15) is 5.10 Å². The third kappa shape index (κ3) is 2.92. The SMILES string of the molecule is CCc1c(C)nn(C(=O)C(C)Oc2ccc3ccccc3c2)c1C. The van der Waals surface area contributed by atoms with E-state index in [4.69, 9.17) is 4.74 Å². The summed E-state index contributed by atoms with van der Waals surface area (Å²) < 4.78 is 7.34. The molecule has 0 N–H and O–H groups in total. The van der Waals surface area contributed by atoms with Crippen LogP contribution in [0.3, 0.4) is 0 Å². The third-order valence-electron chi connectivity index (χ3n) is 4.39. The van der Waals surface area contributed by atoms with Crippen LogP contribution in [0.4, 0.5) is 0 Å². The van der Waals surface area contributed by atoms with E-state index in [2.05, 4.69) is 18.1 Å². The lowest BCUT2D eigenvalue weighted by atomic mass is 10.1. The summed E-state index contributed by atoms with van der Waals surface area (Å²) in [5, 5.41) is 6.62. The van der Waals surface area contributed by atoms with Crippen LogP contribution in [0.25, 0.3) is 10.8 Å². The fourth-order valence-corrected chi connectivity index (χ4v) is 3.07. The second-order valence-electron chi connectivity index (χ2n) is 6.02. The van der Waals surface area contributed by atoms with Gasteiger partial charge in [-0.1, -0.05) is 37.3 Å². The Labute approximate surface area is 142 Å². The van der Waals surface area contributed by atoms with Crippen molar-refractivity contribution in [3.8, 4) is 5.75 Å². The van der Waals surface area contributed by atoms with Crippen molar-refractivity contribution < 1.29 is 9.53 Å². The maximum Gasteiger partial charge on any atom is 0.287 e. The normalized spacial score (nSPS) is 12.3. The van der Waals surface area contributed by atoms with Crippen LogP contribution in [-0.4, -0.2) is 21.8 Å². The van der Waals surface area contributed by atoms with Gasteiger partial charge >= 0.3 is 0 Å². The number of hydrogen-bond donors (Lipinski definition) is 0. The average Bonchev–Trinajstić information content (AvgIpc) is 2.87. The predicted molar refractivity (Wildman–Crippen MR) is 95.7 cm³/mol. The van der Waals surface area contributed by atoms with Gasteiger partial charge in [0.05, 0.1) is 5.69 Å². The minimum atomic E-state index is -0.603. The number of carbonyl (C=O) groups is 1. The van der Waals surface area contributed by atoms with Crippen molar-refractivity contribution in [3.05, 3.63) is 59.4 Å². The maximum absolute atomic E-state index is 12.7. The molecule has 0 spiro atoms. The lowest BCUT2D eigenvalue weighted by Crippen LogP contribution is -2.30. The van der Waals surface area contributed by atoms with Crippen molar-refractivity contribution in [1.82, 2.24) is 9.78 Å². The summed E-state index contributed by atoms with van der Waals surface area (Å²) in [6.45, 7) is 7.70. The third-order valence-corrected chi connectivity index (χ3v) is 4.39. The monoisotopic (exact) mass is 322 g/mol. The zero-order chi connectivity index (χ0) is 17.3. The summed E-state index contributed by atoms with van der Waals surface area (Å²) in [5.74, 6) is 0.537. The lowest BCUT2D eigenvalue weighted by Gasteiger charge is -2.15. The highest BCUT2D eigenvalue weighted by Gasteiger charge is 2.22. The molecular formula is C20H22N2O2. The first-order valence-corrected chi connectivity index (χ1v) is 8.26. The van der Waals surface area contributed by atoms with Crippen LogP contribution in [0.15, 0.2) is 42.5 Å². The Balaban J connectivity index is 1.83. The van der Waals surface area contributed by atoms with Gasteiger partial charge in [0.2, 0.25) is 0 Å². The molecule has 0 amide bonds. The molecule has 0 aliphatic heterocycles. The quantitative estimate of drug-likeness (QED) is 0.718. The Morgan fingerprint density at radius 3 is 2.54 bits per heavy atom. The van der Waals surface area contributed by atoms with Gasteiger partial charge < -0.3 is 4.74 Å². The molecule has 0 aliphatic rings. The van der Waals surface area contributed by atoms with Crippen LogP contribution >= 0.6 is 0 Å². The molecule has 124 valence electrons. The van der Waals surface area contributed by atoms with Gasteiger partial charge in [-0.15, -0.1) is 0 Å². The van der Waals surface area contributed by atoms with Crippen molar-refractivity contribution in [2.45, 2.75) is 40.2 Å². The zero-order valence-corrected chi connectivity index (χ0v) is 14.5. The maximum atomic E-state index is 12.7. The predicted octanol–water partition coefficient (Wildman–Crippen LogP) is 4.32.